The monoisotopic (exact) mass is 418 g/mol. The highest BCUT2D eigenvalue weighted by Crippen LogP contribution is 2.44. The number of rotatable bonds is 6. The Balaban J connectivity index is 2.50. The lowest BCUT2D eigenvalue weighted by Gasteiger charge is -2.27. The van der Waals surface area contributed by atoms with E-state index in [1.165, 1.54) is 23.5 Å². The van der Waals surface area contributed by atoms with Gasteiger partial charge in [0.2, 0.25) is 0 Å². The van der Waals surface area contributed by atoms with Gasteiger partial charge < -0.3 is 10.4 Å². The Kier molecular flexibility index (Phi) is 7.84. The van der Waals surface area contributed by atoms with E-state index in [4.69, 9.17) is 34.8 Å². The Bertz CT molecular complexity index is 690. The first-order valence-electron chi connectivity index (χ1n) is 6.56. The quantitative estimate of drug-likeness (QED) is 0.316. The zero-order valence-electron chi connectivity index (χ0n) is 12.0. The van der Waals surface area contributed by atoms with Gasteiger partial charge in [0.05, 0.1) is 15.0 Å². The van der Waals surface area contributed by atoms with Crippen molar-refractivity contribution in [3.8, 4) is 0 Å². The summed E-state index contributed by atoms with van der Waals surface area (Å²) >= 11 is 20.0. The van der Waals surface area contributed by atoms with E-state index in [2.05, 4.69) is 0 Å². The van der Waals surface area contributed by atoms with Gasteiger partial charge in [0, 0.05) is 9.79 Å². The van der Waals surface area contributed by atoms with Gasteiger partial charge >= 0.3 is 0 Å². The third-order valence-electron chi connectivity index (χ3n) is 2.67. The molecule has 0 saturated carbocycles. The van der Waals surface area contributed by atoms with E-state index >= 15 is 0 Å². The van der Waals surface area contributed by atoms with E-state index in [1.807, 2.05) is 60.7 Å². The van der Waals surface area contributed by atoms with Crippen LogP contribution >= 0.6 is 58.3 Å². The molecular weight excluding hydrogens is 409 g/mol. The molecule has 3 nitrogen and oxygen atoms in total. The van der Waals surface area contributed by atoms with Crippen molar-refractivity contribution in [1.82, 2.24) is 5.23 Å². The van der Waals surface area contributed by atoms with Crippen molar-refractivity contribution in [1.29, 1.82) is 0 Å². The fraction of sp³-hybridized carbons (Fsp3) is 0. The molecule has 2 rings (SSSR count). The summed E-state index contributed by atoms with van der Waals surface area (Å²) in [6, 6.07) is 18.7. The standard InChI is InChI=1S/C16H11Cl3NO2S2/c17-13(15(18)19)14(20(21)22)16(23-11-7-3-1-4-8-11)24-12-9-5-2-6-10-12/h1-10,21H/q-1. The highest BCUT2D eigenvalue weighted by atomic mass is 35.5. The van der Waals surface area contributed by atoms with Crippen molar-refractivity contribution in [3.63, 3.8) is 0 Å². The Morgan fingerprint density at radius 2 is 1.25 bits per heavy atom. The summed E-state index contributed by atoms with van der Waals surface area (Å²) in [6.07, 6.45) is 0. The van der Waals surface area contributed by atoms with Crippen LogP contribution in [0.3, 0.4) is 0 Å². The van der Waals surface area contributed by atoms with Crippen LogP contribution in [0.5, 0.6) is 0 Å². The van der Waals surface area contributed by atoms with Crippen molar-refractivity contribution >= 4 is 58.3 Å². The number of hydrogen-bond donors (Lipinski definition) is 1. The first-order chi connectivity index (χ1) is 11.5. The molecule has 0 aromatic heterocycles. The predicted molar refractivity (Wildman–Crippen MR) is 103 cm³/mol. The van der Waals surface area contributed by atoms with E-state index in [-0.39, 0.29) is 20.4 Å². The maximum Gasteiger partial charge on any atom is 0.127 e. The fourth-order valence-corrected chi connectivity index (χ4v) is 4.42. The number of allylic oxidation sites excluding steroid dienone is 1. The first-order valence-corrected chi connectivity index (χ1v) is 9.33. The Labute approximate surface area is 163 Å². The third-order valence-corrected chi connectivity index (χ3v) is 5.88. The van der Waals surface area contributed by atoms with E-state index in [1.54, 1.807) is 0 Å². The number of hydrogen-bond acceptors (Lipinski definition) is 5. The van der Waals surface area contributed by atoms with Crippen LogP contribution in [0.15, 0.2) is 89.9 Å². The van der Waals surface area contributed by atoms with Gasteiger partial charge in [0.15, 0.2) is 0 Å². The molecule has 0 unspecified atom stereocenters. The minimum atomic E-state index is -0.325. The molecule has 2 aromatic carbocycles. The van der Waals surface area contributed by atoms with Gasteiger partial charge in [-0.05, 0) is 24.3 Å². The normalized spacial score (nSPS) is 10.2. The lowest BCUT2D eigenvalue weighted by atomic mass is 10.4. The second-order valence-corrected chi connectivity index (χ2v) is 8.07. The Morgan fingerprint density at radius 3 is 1.58 bits per heavy atom. The van der Waals surface area contributed by atoms with Gasteiger partial charge in [-0.15, -0.1) is 0 Å². The van der Waals surface area contributed by atoms with Crippen molar-refractivity contribution < 1.29 is 5.21 Å². The molecule has 0 aliphatic carbocycles. The van der Waals surface area contributed by atoms with Crippen LogP contribution in [0.1, 0.15) is 0 Å². The molecule has 0 atom stereocenters. The topological polar surface area (TPSA) is 46.5 Å². The van der Waals surface area contributed by atoms with Gasteiger partial charge in [-0.3, -0.25) is 5.21 Å². The fourth-order valence-electron chi connectivity index (χ4n) is 1.65. The summed E-state index contributed by atoms with van der Waals surface area (Å²) in [5.74, 6) is 0. The SMILES string of the molecule is [O-]N(O)C(=C(Sc1ccccc1)Sc1ccccc1)C(Cl)=C(Cl)Cl. The summed E-state index contributed by atoms with van der Waals surface area (Å²) in [7, 11) is 0. The van der Waals surface area contributed by atoms with E-state index < -0.39 is 0 Å². The minimum Gasteiger partial charge on any atom is -0.733 e. The molecule has 1 N–H and O–H groups in total. The maximum atomic E-state index is 11.7. The lowest BCUT2D eigenvalue weighted by molar-refractivity contribution is 0.000468. The molecule has 0 saturated heterocycles. The molecule has 0 aliphatic heterocycles. The lowest BCUT2D eigenvalue weighted by Crippen LogP contribution is -2.12. The van der Waals surface area contributed by atoms with Crippen molar-refractivity contribution in [2.45, 2.75) is 9.79 Å². The molecule has 0 heterocycles. The summed E-state index contributed by atoms with van der Waals surface area (Å²) in [5.41, 5.74) is -0.209. The van der Waals surface area contributed by atoms with Gasteiger partial charge in [0.1, 0.15) is 4.49 Å². The van der Waals surface area contributed by atoms with Crippen molar-refractivity contribution in [3.05, 3.63) is 85.3 Å². The second kappa shape index (κ2) is 9.63. The third kappa shape index (κ3) is 5.63. The number of hydroxylamine groups is 2. The van der Waals surface area contributed by atoms with E-state index in [0.717, 1.165) is 9.79 Å². The van der Waals surface area contributed by atoms with Crippen LogP contribution in [-0.2, 0) is 0 Å². The summed E-state index contributed by atoms with van der Waals surface area (Å²) in [5, 5.41) is 20.6. The molecule has 0 fully saturated rings. The summed E-state index contributed by atoms with van der Waals surface area (Å²) in [6.45, 7) is 0. The predicted octanol–water partition coefficient (Wildman–Crippen LogP) is 6.81. The van der Waals surface area contributed by atoms with Crippen LogP contribution in [0.25, 0.3) is 0 Å². The molecule has 0 spiro atoms. The van der Waals surface area contributed by atoms with Gasteiger partial charge in [-0.25, -0.2) is 0 Å². The average Bonchev–Trinajstić information content (AvgIpc) is 2.56. The first kappa shape index (κ1) is 19.5. The van der Waals surface area contributed by atoms with Gasteiger partial charge in [0.25, 0.3) is 0 Å². The smallest absolute Gasteiger partial charge is 0.127 e. The zero-order chi connectivity index (χ0) is 17.5. The van der Waals surface area contributed by atoms with E-state index in [9.17, 15) is 10.4 Å². The van der Waals surface area contributed by atoms with Crippen molar-refractivity contribution in [2.75, 3.05) is 0 Å². The van der Waals surface area contributed by atoms with Crippen LogP contribution in [0, 0.1) is 5.21 Å². The van der Waals surface area contributed by atoms with Crippen LogP contribution < -0.4 is 0 Å². The Morgan fingerprint density at radius 1 is 0.833 bits per heavy atom. The number of benzene rings is 2. The highest BCUT2D eigenvalue weighted by molar-refractivity contribution is 8.22. The van der Waals surface area contributed by atoms with Crippen molar-refractivity contribution in [2.24, 2.45) is 0 Å². The van der Waals surface area contributed by atoms with Gasteiger partial charge in [-0.2, -0.15) is 0 Å². The number of nitrogens with zero attached hydrogens (tertiary/aromatic N) is 1. The average molecular weight is 420 g/mol. The van der Waals surface area contributed by atoms with Crippen LogP contribution in [-0.4, -0.2) is 10.4 Å². The number of thioether (sulfide) groups is 2. The second-order valence-electron chi connectivity index (χ2n) is 4.31. The van der Waals surface area contributed by atoms with Gasteiger partial charge in [-0.1, -0.05) is 94.7 Å². The molecule has 2 aromatic rings. The molecule has 0 aliphatic rings. The molecule has 126 valence electrons. The molecule has 8 heteroatoms. The maximum absolute atomic E-state index is 11.7. The van der Waals surface area contributed by atoms with Crippen LogP contribution in [0.2, 0.25) is 0 Å². The zero-order valence-corrected chi connectivity index (χ0v) is 15.9. The summed E-state index contributed by atoms with van der Waals surface area (Å²) in [4.78, 5) is 1.73. The largest absolute Gasteiger partial charge is 0.733 e. The van der Waals surface area contributed by atoms with E-state index in [0.29, 0.717) is 4.24 Å². The minimum absolute atomic E-state index is 0.209. The highest BCUT2D eigenvalue weighted by Gasteiger charge is 2.17. The Hall–Kier alpha value is -0.790. The molecule has 0 radical (unpaired) electrons. The molecule has 24 heavy (non-hydrogen) atoms. The molecule has 0 bridgehead atoms. The number of halogens is 3. The molecule has 0 amide bonds. The summed E-state index contributed by atoms with van der Waals surface area (Å²) < 4.78 is 0.134. The van der Waals surface area contributed by atoms with Crippen LogP contribution in [0.4, 0.5) is 0 Å². The molecular formula is C16H11Cl3NO2S2-.